The van der Waals surface area contributed by atoms with E-state index in [9.17, 15) is 9.59 Å². The fraction of sp³-hybridized carbons (Fsp3) is 0.375. The number of nitrogens with zero attached hydrogens (tertiary/aromatic N) is 1. The van der Waals surface area contributed by atoms with Crippen LogP contribution in [0, 0.1) is 0 Å². The first-order valence-electron chi connectivity index (χ1n) is 7.13. The summed E-state index contributed by atoms with van der Waals surface area (Å²) in [6.07, 6.45) is -0.264. The molecule has 1 aromatic rings. The molecule has 0 fully saturated rings. The van der Waals surface area contributed by atoms with E-state index < -0.39 is 12.0 Å². The molecule has 0 radical (unpaired) electrons. The monoisotopic (exact) mass is 356 g/mol. The average Bonchev–Trinajstić information content (AvgIpc) is 2.46. The second-order valence-electron chi connectivity index (χ2n) is 5.57. The van der Waals surface area contributed by atoms with Gasteiger partial charge in [0.1, 0.15) is 0 Å². The van der Waals surface area contributed by atoms with Crippen molar-refractivity contribution in [3.05, 3.63) is 45.1 Å². The van der Waals surface area contributed by atoms with Crippen molar-refractivity contribution in [1.29, 1.82) is 0 Å². The van der Waals surface area contributed by atoms with Crippen LogP contribution >= 0.6 is 23.2 Å². The maximum atomic E-state index is 12.5. The smallest absolute Gasteiger partial charge is 0.338 e. The lowest BCUT2D eigenvalue weighted by atomic mass is 9.95. The van der Waals surface area contributed by atoms with E-state index in [4.69, 9.17) is 27.9 Å². The van der Waals surface area contributed by atoms with Crippen LogP contribution in [-0.2, 0) is 9.53 Å². The normalized spacial score (nSPS) is 18.3. The highest BCUT2D eigenvalue weighted by Crippen LogP contribution is 2.33. The number of carbonyl (C=O) groups excluding carboxylic acids is 2. The molecular formula is C16H18Cl2N2O3. The lowest BCUT2D eigenvalue weighted by Gasteiger charge is -2.33. The van der Waals surface area contributed by atoms with Crippen LogP contribution in [0.3, 0.4) is 0 Å². The Morgan fingerprint density at radius 3 is 2.52 bits per heavy atom. The summed E-state index contributed by atoms with van der Waals surface area (Å²) < 4.78 is 5.32. The maximum Gasteiger partial charge on any atom is 0.338 e. The quantitative estimate of drug-likeness (QED) is 0.835. The summed E-state index contributed by atoms with van der Waals surface area (Å²) in [7, 11) is 1.60. The predicted molar refractivity (Wildman–Crippen MR) is 89.4 cm³/mol. The third-order valence-electron chi connectivity index (χ3n) is 3.59. The van der Waals surface area contributed by atoms with Gasteiger partial charge in [0.25, 0.3) is 0 Å². The van der Waals surface area contributed by atoms with Crippen LogP contribution in [-0.4, -0.2) is 30.1 Å². The van der Waals surface area contributed by atoms with Gasteiger partial charge in [0.2, 0.25) is 0 Å². The second-order valence-corrected chi connectivity index (χ2v) is 6.38. The average molecular weight is 357 g/mol. The Morgan fingerprint density at radius 2 is 1.96 bits per heavy atom. The summed E-state index contributed by atoms with van der Waals surface area (Å²) in [6, 6.07) is 4.04. The van der Waals surface area contributed by atoms with Crippen molar-refractivity contribution in [2.24, 2.45) is 0 Å². The number of benzene rings is 1. The maximum absolute atomic E-state index is 12.5. The Morgan fingerprint density at radius 1 is 1.30 bits per heavy atom. The van der Waals surface area contributed by atoms with Crippen LogP contribution in [0.25, 0.3) is 0 Å². The van der Waals surface area contributed by atoms with E-state index in [0.29, 0.717) is 26.9 Å². The van der Waals surface area contributed by atoms with Crippen LogP contribution in [0.5, 0.6) is 0 Å². The number of halogens is 2. The lowest BCUT2D eigenvalue weighted by molar-refractivity contribution is -0.143. The molecule has 1 N–H and O–H groups in total. The third-order valence-corrected chi connectivity index (χ3v) is 4.33. The fourth-order valence-corrected chi connectivity index (χ4v) is 2.63. The number of carbonyl (C=O) groups is 2. The third kappa shape index (κ3) is 3.62. The van der Waals surface area contributed by atoms with Crippen LogP contribution in [0.4, 0.5) is 4.79 Å². The lowest BCUT2D eigenvalue weighted by Crippen LogP contribution is -2.46. The minimum atomic E-state index is -0.639. The van der Waals surface area contributed by atoms with Crippen LogP contribution in [0.15, 0.2) is 29.5 Å². The molecule has 0 saturated heterocycles. The molecule has 1 atom stereocenters. The van der Waals surface area contributed by atoms with E-state index >= 15 is 0 Å². The molecule has 124 valence electrons. The number of esters is 1. The first-order valence-corrected chi connectivity index (χ1v) is 7.89. The molecule has 2 rings (SSSR count). The van der Waals surface area contributed by atoms with E-state index in [1.54, 1.807) is 46.0 Å². The Labute approximate surface area is 145 Å². The summed E-state index contributed by atoms with van der Waals surface area (Å²) in [5.41, 5.74) is 1.57. The highest BCUT2D eigenvalue weighted by Gasteiger charge is 2.35. The predicted octanol–water partition coefficient (Wildman–Crippen LogP) is 3.92. The number of ether oxygens (including phenoxy) is 1. The summed E-state index contributed by atoms with van der Waals surface area (Å²) >= 11 is 12.0. The van der Waals surface area contributed by atoms with E-state index in [-0.39, 0.29) is 12.1 Å². The van der Waals surface area contributed by atoms with Crippen molar-refractivity contribution in [3.8, 4) is 0 Å². The van der Waals surface area contributed by atoms with E-state index in [1.165, 1.54) is 4.90 Å². The molecule has 1 aliphatic heterocycles. The molecule has 2 amide bonds. The second kappa shape index (κ2) is 6.81. The van der Waals surface area contributed by atoms with Gasteiger partial charge >= 0.3 is 12.0 Å². The van der Waals surface area contributed by atoms with Crippen molar-refractivity contribution >= 4 is 35.2 Å². The Balaban J connectivity index is 2.51. The molecule has 0 spiro atoms. The fourth-order valence-electron chi connectivity index (χ4n) is 2.32. The van der Waals surface area contributed by atoms with E-state index in [2.05, 4.69) is 5.32 Å². The summed E-state index contributed by atoms with van der Waals surface area (Å²) in [5, 5.41) is 3.55. The number of hydrogen-bond donors (Lipinski definition) is 1. The first-order chi connectivity index (χ1) is 10.7. The van der Waals surface area contributed by atoms with Crippen LogP contribution in [0.2, 0.25) is 10.0 Å². The van der Waals surface area contributed by atoms with Gasteiger partial charge in [0.05, 0.1) is 27.8 Å². The highest BCUT2D eigenvalue weighted by atomic mass is 35.5. The number of hydrogen-bond acceptors (Lipinski definition) is 3. The van der Waals surface area contributed by atoms with E-state index in [0.717, 1.165) is 0 Å². The molecule has 1 aromatic carbocycles. The van der Waals surface area contributed by atoms with Gasteiger partial charge in [-0.25, -0.2) is 9.59 Å². The molecule has 0 bridgehead atoms. The number of amides is 2. The molecule has 0 saturated carbocycles. The number of allylic oxidation sites excluding steroid dienone is 1. The van der Waals surface area contributed by atoms with Crippen LogP contribution < -0.4 is 5.32 Å². The molecule has 5 nitrogen and oxygen atoms in total. The topological polar surface area (TPSA) is 58.6 Å². The molecule has 1 heterocycles. The van der Waals surface area contributed by atoms with Crippen LogP contribution in [0.1, 0.15) is 32.4 Å². The minimum absolute atomic E-state index is 0.264. The molecule has 0 aromatic heterocycles. The Hall–Kier alpha value is -1.72. The van der Waals surface area contributed by atoms with Gasteiger partial charge in [-0.05, 0) is 38.5 Å². The van der Waals surface area contributed by atoms with Gasteiger partial charge in [-0.2, -0.15) is 0 Å². The SMILES string of the molecule is CC1=C(C(=O)OC(C)C)[C@H](c2ccc(Cl)c(Cl)c2)NC(=O)N1C. The zero-order valence-corrected chi connectivity index (χ0v) is 14.8. The number of urea groups is 1. The van der Waals surface area contributed by atoms with Gasteiger partial charge in [-0.15, -0.1) is 0 Å². The molecule has 7 heteroatoms. The minimum Gasteiger partial charge on any atom is -0.459 e. The zero-order chi connectivity index (χ0) is 17.3. The number of nitrogens with one attached hydrogen (secondary N) is 1. The highest BCUT2D eigenvalue weighted by molar-refractivity contribution is 6.42. The van der Waals surface area contributed by atoms with Crippen molar-refractivity contribution in [1.82, 2.24) is 10.2 Å². The van der Waals surface area contributed by atoms with E-state index in [1.807, 2.05) is 0 Å². The van der Waals surface area contributed by atoms with Gasteiger partial charge in [0, 0.05) is 12.7 Å². The van der Waals surface area contributed by atoms with Crippen molar-refractivity contribution in [3.63, 3.8) is 0 Å². The summed E-state index contributed by atoms with van der Waals surface area (Å²) in [4.78, 5) is 26.0. The largest absolute Gasteiger partial charge is 0.459 e. The van der Waals surface area contributed by atoms with Gasteiger partial charge in [-0.1, -0.05) is 29.3 Å². The molecule has 0 unspecified atom stereocenters. The van der Waals surface area contributed by atoms with Crippen molar-refractivity contribution in [2.45, 2.75) is 32.9 Å². The first kappa shape index (κ1) is 17.6. The number of rotatable bonds is 3. The van der Waals surface area contributed by atoms with Gasteiger partial charge in [0.15, 0.2) is 0 Å². The van der Waals surface area contributed by atoms with Crippen molar-refractivity contribution in [2.75, 3.05) is 7.05 Å². The summed E-state index contributed by atoms with van der Waals surface area (Å²) in [5.74, 6) is -0.472. The molecule has 0 aliphatic carbocycles. The van der Waals surface area contributed by atoms with Crippen molar-refractivity contribution < 1.29 is 14.3 Å². The Bertz CT molecular complexity index is 686. The standard InChI is InChI=1S/C16H18Cl2N2O3/c1-8(2)23-15(21)13-9(3)20(4)16(22)19-14(13)10-5-6-11(17)12(18)7-10/h5-8,14H,1-4H3,(H,19,22)/t14-/m0/s1. The molecule has 1 aliphatic rings. The zero-order valence-electron chi connectivity index (χ0n) is 13.3. The Kier molecular flexibility index (Phi) is 5.22. The van der Waals surface area contributed by atoms with Gasteiger partial charge < -0.3 is 15.0 Å². The van der Waals surface area contributed by atoms with Gasteiger partial charge in [-0.3, -0.25) is 0 Å². The summed E-state index contributed by atoms with van der Waals surface area (Å²) in [6.45, 7) is 5.25. The molecular weight excluding hydrogens is 339 g/mol. The molecule has 23 heavy (non-hydrogen) atoms.